The Morgan fingerprint density at radius 1 is 1.35 bits per heavy atom. The monoisotopic (exact) mass is 274 g/mol. The molecule has 1 saturated heterocycles. The van der Waals surface area contributed by atoms with Crippen LogP contribution >= 0.6 is 0 Å². The van der Waals surface area contributed by atoms with Crippen molar-refractivity contribution in [1.29, 1.82) is 0 Å². The zero-order valence-electron chi connectivity index (χ0n) is 12.3. The molecule has 0 saturated carbocycles. The average Bonchev–Trinajstić information content (AvgIpc) is 2.77. The fraction of sp³-hybridized carbons (Fsp3) is 0.438. The summed E-state index contributed by atoms with van der Waals surface area (Å²) in [6, 6.07) is 8.01. The van der Waals surface area contributed by atoms with Gasteiger partial charge in [0.25, 0.3) is 0 Å². The molecule has 0 radical (unpaired) electrons. The molecular formula is C16H22N2O2. The van der Waals surface area contributed by atoms with Crippen LogP contribution in [0, 0.1) is 0 Å². The molecule has 1 fully saturated rings. The van der Waals surface area contributed by atoms with Gasteiger partial charge in [0.05, 0.1) is 5.60 Å². The van der Waals surface area contributed by atoms with E-state index in [0.717, 1.165) is 11.3 Å². The number of benzene rings is 1. The fourth-order valence-corrected chi connectivity index (χ4v) is 2.29. The van der Waals surface area contributed by atoms with Gasteiger partial charge < -0.3 is 14.9 Å². The summed E-state index contributed by atoms with van der Waals surface area (Å²) in [6.07, 6.45) is 4.03. The Balaban J connectivity index is 1.97. The third-order valence-corrected chi connectivity index (χ3v) is 3.59. The number of carbonyl (C=O) groups excluding carboxylic acids is 1. The molecule has 0 spiro atoms. The lowest BCUT2D eigenvalue weighted by Gasteiger charge is -2.17. The highest BCUT2D eigenvalue weighted by Crippen LogP contribution is 2.20. The van der Waals surface area contributed by atoms with E-state index in [4.69, 9.17) is 0 Å². The minimum atomic E-state index is -0.739. The maximum Gasteiger partial charge on any atom is 0.246 e. The Morgan fingerprint density at radius 3 is 2.50 bits per heavy atom. The Morgan fingerprint density at radius 2 is 2.00 bits per heavy atom. The maximum absolute atomic E-state index is 12.0. The summed E-state index contributed by atoms with van der Waals surface area (Å²) in [5.74, 6) is -0.0422. The van der Waals surface area contributed by atoms with E-state index in [1.165, 1.54) is 0 Å². The van der Waals surface area contributed by atoms with Crippen molar-refractivity contribution < 1.29 is 9.90 Å². The van der Waals surface area contributed by atoms with Crippen molar-refractivity contribution in [3.05, 3.63) is 35.9 Å². The lowest BCUT2D eigenvalue weighted by molar-refractivity contribution is -0.125. The Bertz CT molecular complexity index is 504. The standard InChI is InChI=1S/C16H22N2O2/c1-16(20)10-11-18(12-16)15(19)9-6-13-4-7-14(8-5-13)17(2)3/h4-9,20H,10-12H2,1-3H3/b9-6+. The molecule has 4 heteroatoms. The average molecular weight is 274 g/mol. The van der Waals surface area contributed by atoms with Gasteiger partial charge in [-0.3, -0.25) is 4.79 Å². The molecule has 1 amide bonds. The first-order valence-corrected chi connectivity index (χ1v) is 6.84. The molecule has 1 aromatic carbocycles. The molecule has 20 heavy (non-hydrogen) atoms. The molecule has 1 aromatic rings. The smallest absolute Gasteiger partial charge is 0.246 e. The van der Waals surface area contributed by atoms with E-state index in [-0.39, 0.29) is 5.91 Å². The summed E-state index contributed by atoms with van der Waals surface area (Å²) in [7, 11) is 3.99. The van der Waals surface area contributed by atoms with Crippen LogP contribution in [0.25, 0.3) is 6.08 Å². The van der Waals surface area contributed by atoms with Crippen molar-refractivity contribution in [2.75, 3.05) is 32.1 Å². The van der Waals surface area contributed by atoms with Crippen LogP contribution in [-0.4, -0.2) is 48.7 Å². The number of rotatable bonds is 3. The van der Waals surface area contributed by atoms with Gasteiger partial charge in [-0.1, -0.05) is 12.1 Å². The lowest BCUT2D eigenvalue weighted by atomic mass is 10.1. The van der Waals surface area contributed by atoms with E-state index < -0.39 is 5.60 Å². The van der Waals surface area contributed by atoms with Crippen molar-refractivity contribution in [2.24, 2.45) is 0 Å². The van der Waals surface area contributed by atoms with Crippen LogP contribution in [0.3, 0.4) is 0 Å². The second-order valence-corrected chi connectivity index (χ2v) is 5.83. The number of β-amino-alcohol motifs (C(OH)–C–C–N with tert-alkyl or cyclic N) is 1. The lowest BCUT2D eigenvalue weighted by Crippen LogP contribution is -2.32. The normalized spacial score (nSPS) is 22.5. The molecule has 1 aliphatic heterocycles. The van der Waals surface area contributed by atoms with E-state index in [0.29, 0.717) is 19.5 Å². The highest BCUT2D eigenvalue weighted by Gasteiger charge is 2.32. The molecule has 1 aliphatic rings. The third kappa shape index (κ3) is 3.61. The Kier molecular flexibility index (Phi) is 4.14. The van der Waals surface area contributed by atoms with E-state index in [1.54, 1.807) is 17.9 Å². The first-order chi connectivity index (χ1) is 9.37. The van der Waals surface area contributed by atoms with Gasteiger partial charge in [0.2, 0.25) is 5.91 Å². The predicted molar refractivity (Wildman–Crippen MR) is 81.6 cm³/mol. The van der Waals surface area contributed by atoms with Gasteiger partial charge in [-0.25, -0.2) is 0 Å². The second kappa shape index (κ2) is 5.67. The zero-order valence-corrected chi connectivity index (χ0v) is 12.3. The van der Waals surface area contributed by atoms with Crippen LogP contribution in [0.2, 0.25) is 0 Å². The number of amides is 1. The van der Waals surface area contributed by atoms with Gasteiger partial charge >= 0.3 is 0 Å². The summed E-state index contributed by atoms with van der Waals surface area (Å²) in [4.78, 5) is 15.7. The molecule has 1 atom stereocenters. The molecule has 0 aliphatic carbocycles. The van der Waals surface area contributed by atoms with Crippen LogP contribution in [-0.2, 0) is 4.79 Å². The molecular weight excluding hydrogens is 252 g/mol. The number of anilines is 1. The molecule has 0 bridgehead atoms. The van der Waals surface area contributed by atoms with Crippen LogP contribution < -0.4 is 4.90 Å². The number of hydrogen-bond acceptors (Lipinski definition) is 3. The first kappa shape index (κ1) is 14.6. The van der Waals surface area contributed by atoms with Crippen LogP contribution in [0.1, 0.15) is 18.9 Å². The molecule has 1 heterocycles. The Hall–Kier alpha value is -1.81. The van der Waals surface area contributed by atoms with Gasteiger partial charge in [0.15, 0.2) is 0 Å². The molecule has 1 unspecified atom stereocenters. The number of hydrogen-bond donors (Lipinski definition) is 1. The van der Waals surface area contributed by atoms with Gasteiger partial charge in [-0.2, -0.15) is 0 Å². The van der Waals surface area contributed by atoms with Crippen molar-refractivity contribution in [1.82, 2.24) is 4.90 Å². The van der Waals surface area contributed by atoms with Crippen molar-refractivity contribution in [2.45, 2.75) is 18.9 Å². The molecule has 4 nitrogen and oxygen atoms in total. The summed E-state index contributed by atoms with van der Waals surface area (Å²) in [5.41, 5.74) is 1.38. The van der Waals surface area contributed by atoms with Gasteiger partial charge in [0.1, 0.15) is 0 Å². The molecule has 0 aromatic heterocycles. The van der Waals surface area contributed by atoms with Crippen LogP contribution in [0.4, 0.5) is 5.69 Å². The largest absolute Gasteiger partial charge is 0.388 e. The van der Waals surface area contributed by atoms with E-state index >= 15 is 0 Å². The SMILES string of the molecule is CN(C)c1ccc(/C=C/C(=O)N2CCC(C)(O)C2)cc1. The van der Waals surface area contributed by atoms with Crippen LogP contribution in [0.15, 0.2) is 30.3 Å². The van der Waals surface area contributed by atoms with E-state index in [2.05, 4.69) is 0 Å². The summed E-state index contributed by atoms with van der Waals surface area (Å²) < 4.78 is 0. The third-order valence-electron chi connectivity index (χ3n) is 3.59. The van der Waals surface area contributed by atoms with Gasteiger partial charge in [-0.15, -0.1) is 0 Å². The summed E-state index contributed by atoms with van der Waals surface area (Å²) in [6.45, 7) is 2.80. The number of carbonyl (C=O) groups is 1. The zero-order chi connectivity index (χ0) is 14.8. The Labute approximate surface area is 120 Å². The highest BCUT2D eigenvalue weighted by molar-refractivity contribution is 5.92. The van der Waals surface area contributed by atoms with Gasteiger partial charge in [0, 0.05) is 38.9 Å². The predicted octanol–water partition coefficient (Wildman–Crippen LogP) is 1.75. The highest BCUT2D eigenvalue weighted by atomic mass is 16.3. The van der Waals surface area contributed by atoms with E-state index in [9.17, 15) is 9.90 Å². The second-order valence-electron chi connectivity index (χ2n) is 5.83. The van der Waals surface area contributed by atoms with Crippen molar-refractivity contribution in [3.63, 3.8) is 0 Å². The van der Waals surface area contributed by atoms with Gasteiger partial charge in [-0.05, 0) is 37.1 Å². The maximum atomic E-state index is 12.0. The van der Waals surface area contributed by atoms with E-state index in [1.807, 2.05) is 49.3 Å². The minimum absolute atomic E-state index is 0.0422. The number of likely N-dealkylation sites (tertiary alicyclic amines) is 1. The van der Waals surface area contributed by atoms with Crippen LogP contribution in [0.5, 0.6) is 0 Å². The fourth-order valence-electron chi connectivity index (χ4n) is 2.29. The minimum Gasteiger partial charge on any atom is -0.388 e. The molecule has 1 N–H and O–H groups in total. The summed E-state index contributed by atoms with van der Waals surface area (Å²) in [5, 5.41) is 9.86. The quantitative estimate of drug-likeness (QED) is 0.854. The first-order valence-electron chi connectivity index (χ1n) is 6.84. The molecule has 2 rings (SSSR count). The van der Waals surface area contributed by atoms with Crippen molar-refractivity contribution >= 4 is 17.7 Å². The molecule has 108 valence electrons. The van der Waals surface area contributed by atoms with Crippen molar-refractivity contribution in [3.8, 4) is 0 Å². The topological polar surface area (TPSA) is 43.8 Å². The summed E-state index contributed by atoms with van der Waals surface area (Å²) >= 11 is 0. The number of nitrogens with zero attached hydrogens (tertiary/aromatic N) is 2. The number of aliphatic hydroxyl groups is 1.